The van der Waals surface area contributed by atoms with Crippen LogP contribution >= 0.6 is 0 Å². The molecule has 3 rings (SSSR count). The molecule has 0 unspecified atom stereocenters. The highest BCUT2D eigenvalue weighted by atomic mass is 16.1. The van der Waals surface area contributed by atoms with Crippen LogP contribution in [0.2, 0.25) is 0 Å². The predicted octanol–water partition coefficient (Wildman–Crippen LogP) is 2.14. The maximum atomic E-state index is 12.2. The smallest absolute Gasteiger partial charge is 0.270 e. The lowest BCUT2D eigenvalue weighted by molar-refractivity contribution is 0.0932. The fourth-order valence-corrected chi connectivity index (χ4v) is 3.05. The topological polar surface area (TPSA) is 58.1 Å². The molecule has 1 saturated carbocycles. The van der Waals surface area contributed by atoms with Gasteiger partial charge in [-0.3, -0.25) is 4.79 Å². The summed E-state index contributed by atoms with van der Waals surface area (Å²) >= 11 is 0. The van der Waals surface area contributed by atoms with E-state index >= 15 is 0 Å². The van der Waals surface area contributed by atoms with E-state index in [4.69, 9.17) is 0 Å². The summed E-state index contributed by atoms with van der Waals surface area (Å²) in [5.41, 5.74) is 0.493. The second kappa shape index (κ2) is 6.20. The minimum absolute atomic E-state index is 0.0578. The maximum Gasteiger partial charge on any atom is 0.270 e. The van der Waals surface area contributed by atoms with Gasteiger partial charge in [-0.05, 0) is 38.2 Å². The number of nitrogens with zero attached hydrogens (tertiary/aromatic N) is 3. The number of anilines is 1. The van der Waals surface area contributed by atoms with Gasteiger partial charge in [-0.1, -0.05) is 12.8 Å². The van der Waals surface area contributed by atoms with E-state index in [9.17, 15) is 4.79 Å². The van der Waals surface area contributed by atoms with Crippen LogP contribution in [0.1, 0.15) is 55.4 Å². The van der Waals surface area contributed by atoms with Crippen LogP contribution in [-0.2, 0) is 0 Å². The molecule has 0 aromatic carbocycles. The number of piperidine rings is 1. The van der Waals surface area contributed by atoms with Gasteiger partial charge in [0, 0.05) is 25.3 Å². The molecular formula is C15H22N4O. The largest absolute Gasteiger partial charge is 0.348 e. The summed E-state index contributed by atoms with van der Waals surface area (Å²) < 4.78 is 0. The highest BCUT2D eigenvalue weighted by Crippen LogP contribution is 2.19. The summed E-state index contributed by atoms with van der Waals surface area (Å²) in [7, 11) is 0. The second-order valence-electron chi connectivity index (χ2n) is 5.74. The summed E-state index contributed by atoms with van der Waals surface area (Å²) in [6.07, 6.45) is 9.95. The van der Waals surface area contributed by atoms with Gasteiger partial charge in [-0.2, -0.15) is 0 Å². The van der Waals surface area contributed by atoms with Crippen LogP contribution in [0.5, 0.6) is 0 Å². The Hall–Kier alpha value is -1.65. The quantitative estimate of drug-likeness (QED) is 0.917. The summed E-state index contributed by atoms with van der Waals surface area (Å²) in [5.74, 6) is 0.640. The molecule has 108 valence electrons. The lowest BCUT2D eigenvalue weighted by Crippen LogP contribution is -2.34. The molecule has 1 amide bonds. The minimum Gasteiger partial charge on any atom is -0.348 e. The number of hydrogen-bond acceptors (Lipinski definition) is 4. The van der Waals surface area contributed by atoms with Gasteiger partial charge >= 0.3 is 0 Å². The Morgan fingerprint density at radius 2 is 1.90 bits per heavy atom. The number of aromatic nitrogens is 2. The van der Waals surface area contributed by atoms with Crippen molar-refractivity contribution in [3.05, 3.63) is 18.0 Å². The Morgan fingerprint density at radius 1 is 1.15 bits per heavy atom. The predicted molar refractivity (Wildman–Crippen MR) is 77.8 cm³/mol. The van der Waals surface area contributed by atoms with Crippen LogP contribution in [0.3, 0.4) is 0 Å². The molecule has 0 bridgehead atoms. The highest BCUT2D eigenvalue weighted by molar-refractivity contribution is 5.92. The molecule has 0 radical (unpaired) electrons. The molecule has 5 nitrogen and oxygen atoms in total. The molecule has 1 N–H and O–H groups in total. The van der Waals surface area contributed by atoms with Crippen LogP contribution in [-0.4, -0.2) is 35.0 Å². The van der Waals surface area contributed by atoms with E-state index in [0.29, 0.717) is 17.7 Å². The standard InChI is InChI=1S/C15H22N4O/c20-14(17-12-6-2-3-7-12)13-8-9-16-15(18-13)19-10-4-1-5-11-19/h8-9,12H,1-7,10-11H2,(H,17,20). The van der Waals surface area contributed by atoms with Crippen molar-refractivity contribution in [2.24, 2.45) is 0 Å². The van der Waals surface area contributed by atoms with Gasteiger partial charge in [0.1, 0.15) is 5.69 Å². The van der Waals surface area contributed by atoms with Gasteiger partial charge in [0.05, 0.1) is 0 Å². The number of rotatable bonds is 3. The van der Waals surface area contributed by atoms with Crippen molar-refractivity contribution in [2.75, 3.05) is 18.0 Å². The van der Waals surface area contributed by atoms with Crippen molar-refractivity contribution in [1.82, 2.24) is 15.3 Å². The first kappa shape index (κ1) is 13.3. The Kier molecular flexibility index (Phi) is 4.14. The Morgan fingerprint density at radius 3 is 2.65 bits per heavy atom. The SMILES string of the molecule is O=C(NC1CCCC1)c1ccnc(N2CCCCC2)n1. The Labute approximate surface area is 119 Å². The van der Waals surface area contributed by atoms with Gasteiger partial charge in [-0.15, -0.1) is 0 Å². The average molecular weight is 274 g/mol. The van der Waals surface area contributed by atoms with Crippen LogP contribution in [0.4, 0.5) is 5.95 Å². The molecule has 1 aromatic rings. The third kappa shape index (κ3) is 3.08. The number of amides is 1. The highest BCUT2D eigenvalue weighted by Gasteiger charge is 2.20. The van der Waals surface area contributed by atoms with Crippen molar-refractivity contribution >= 4 is 11.9 Å². The summed E-state index contributed by atoms with van der Waals surface area (Å²) in [5, 5.41) is 3.08. The van der Waals surface area contributed by atoms with E-state index in [1.807, 2.05) is 0 Å². The fraction of sp³-hybridized carbons (Fsp3) is 0.667. The third-order valence-electron chi connectivity index (χ3n) is 4.20. The van der Waals surface area contributed by atoms with Crippen molar-refractivity contribution in [2.45, 2.75) is 51.0 Å². The monoisotopic (exact) mass is 274 g/mol. The third-order valence-corrected chi connectivity index (χ3v) is 4.20. The van der Waals surface area contributed by atoms with E-state index in [1.54, 1.807) is 12.3 Å². The fourth-order valence-electron chi connectivity index (χ4n) is 3.05. The maximum absolute atomic E-state index is 12.2. The number of carbonyl (C=O) groups excluding carboxylic acids is 1. The van der Waals surface area contributed by atoms with E-state index in [2.05, 4.69) is 20.2 Å². The van der Waals surface area contributed by atoms with E-state index in [-0.39, 0.29) is 5.91 Å². The molecule has 0 atom stereocenters. The zero-order valence-corrected chi connectivity index (χ0v) is 11.8. The van der Waals surface area contributed by atoms with Crippen LogP contribution in [0, 0.1) is 0 Å². The first-order chi connectivity index (χ1) is 9.83. The molecule has 20 heavy (non-hydrogen) atoms. The molecule has 1 aliphatic carbocycles. The van der Waals surface area contributed by atoms with Crippen molar-refractivity contribution in [1.29, 1.82) is 0 Å². The lowest BCUT2D eigenvalue weighted by Gasteiger charge is -2.26. The molecule has 1 saturated heterocycles. The van der Waals surface area contributed by atoms with Gasteiger partial charge in [0.15, 0.2) is 0 Å². The first-order valence-electron chi connectivity index (χ1n) is 7.72. The van der Waals surface area contributed by atoms with Gasteiger partial charge in [-0.25, -0.2) is 9.97 Å². The van der Waals surface area contributed by atoms with Crippen LogP contribution in [0.25, 0.3) is 0 Å². The molecule has 0 spiro atoms. The first-order valence-corrected chi connectivity index (χ1v) is 7.72. The van der Waals surface area contributed by atoms with Crippen LogP contribution in [0.15, 0.2) is 12.3 Å². The summed E-state index contributed by atoms with van der Waals surface area (Å²) in [4.78, 5) is 23.1. The van der Waals surface area contributed by atoms with E-state index in [1.165, 1.54) is 32.1 Å². The van der Waals surface area contributed by atoms with Crippen molar-refractivity contribution in [3.8, 4) is 0 Å². The Balaban J connectivity index is 1.67. The number of nitrogens with one attached hydrogen (secondary N) is 1. The second-order valence-corrected chi connectivity index (χ2v) is 5.74. The van der Waals surface area contributed by atoms with E-state index in [0.717, 1.165) is 25.9 Å². The van der Waals surface area contributed by atoms with Gasteiger partial charge in [0.2, 0.25) is 5.95 Å². The molecular weight excluding hydrogens is 252 g/mol. The average Bonchev–Trinajstić information content (AvgIpc) is 3.01. The van der Waals surface area contributed by atoms with Crippen LogP contribution < -0.4 is 10.2 Å². The Bertz CT molecular complexity index is 465. The minimum atomic E-state index is -0.0578. The lowest BCUT2D eigenvalue weighted by atomic mass is 10.1. The molecule has 1 aliphatic heterocycles. The normalized spacial score (nSPS) is 20.1. The molecule has 1 aromatic heterocycles. The zero-order chi connectivity index (χ0) is 13.8. The molecule has 5 heteroatoms. The summed E-state index contributed by atoms with van der Waals surface area (Å²) in [6.45, 7) is 1.99. The molecule has 2 fully saturated rings. The molecule has 2 aliphatic rings. The number of carbonyl (C=O) groups is 1. The summed E-state index contributed by atoms with van der Waals surface area (Å²) in [6, 6.07) is 2.04. The van der Waals surface area contributed by atoms with Gasteiger partial charge in [0.25, 0.3) is 5.91 Å². The van der Waals surface area contributed by atoms with Crippen molar-refractivity contribution < 1.29 is 4.79 Å². The van der Waals surface area contributed by atoms with Crippen molar-refractivity contribution in [3.63, 3.8) is 0 Å². The zero-order valence-electron chi connectivity index (χ0n) is 11.8. The number of hydrogen-bond donors (Lipinski definition) is 1. The van der Waals surface area contributed by atoms with E-state index < -0.39 is 0 Å². The molecule has 2 heterocycles. The van der Waals surface area contributed by atoms with Gasteiger partial charge < -0.3 is 10.2 Å².